The highest BCUT2D eigenvalue weighted by Gasteiger charge is 2.26. The summed E-state index contributed by atoms with van der Waals surface area (Å²) in [6, 6.07) is 5.38. The minimum atomic E-state index is -0.610. The molecule has 5 heteroatoms. The lowest BCUT2D eigenvalue weighted by molar-refractivity contribution is 0.0481. The van der Waals surface area contributed by atoms with Crippen LogP contribution in [0.25, 0.3) is 0 Å². The van der Waals surface area contributed by atoms with E-state index in [1.807, 2.05) is 19.9 Å². The minimum absolute atomic E-state index is 0.0828. The van der Waals surface area contributed by atoms with Crippen LogP contribution in [0.4, 0.5) is 11.4 Å². The van der Waals surface area contributed by atoms with Gasteiger partial charge in [-0.1, -0.05) is 0 Å². The number of nitrogens with one attached hydrogen (secondary N) is 1. The molecule has 1 aliphatic rings. The summed E-state index contributed by atoms with van der Waals surface area (Å²) in [5.41, 5.74) is 7.65. The summed E-state index contributed by atoms with van der Waals surface area (Å²) in [6.45, 7) is 5.97. The van der Waals surface area contributed by atoms with Crippen LogP contribution in [0.15, 0.2) is 18.2 Å². The number of hydrogen-bond acceptors (Lipinski definition) is 4. The number of nitrogens with two attached hydrogens (primary N) is 1. The molecule has 0 aromatic heterocycles. The zero-order chi connectivity index (χ0) is 15.5. The molecule has 2 rings (SSSR count). The van der Waals surface area contributed by atoms with Gasteiger partial charge in [-0.3, -0.25) is 4.79 Å². The number of nitrogens with zero attached hydrogens (tertiary/aromatic N) is 1. The summed E-state index contributed by atoms with van der Waals surface area (Å²) < 4.78 is 0. The maximum absolute atomic E-state index is 12.0. The van der Waals surface area contributed by atoms with Crippen molar-refractivity contribution in [3.63, 3.8) is 0 Å². The third-order valence-corrected chi connectivity index (χ3v) is 4.03. The molecule has 1 saturated heterocycles. The van der Waals surface area contributed by atoms with E-state index in [9.17, 15) is 9.90 Å². The van der Waals surface area contributed by atoms with Crippen LogP contribution in [0.2, 0.25) is 0 Å². The van der Waals surface area contributed by atoms with Crippen LogP contribution in [0, 0.1) is 0 Å². The second kappa shape index (κ2) is 6.35. The molecule has 116 valence electrons. The molecule has 1 fully saturated rings. The molecule has 0 radical (unpaired) electrons. The molecule has 0 spiro atoms. The first-order valence-electron chi connectivity index (χ1n) is 7.58. The van der Waals surface area contributed by atoms with Crippen LogP contribution >= 0.6 is 0 Å². The average Bonchev–Trinajstić information content (AvgIpc) is 2.60. The molecule has 0 bridgehead atoms. The Bertz CT molecular complexity index is 514. The number of aliphatic hydroxyl groups is 1. The zero-order valence-corrected chi connectivity index (χ0v) is 12.9. The fraction of sp³-hybridized carbons (Fsp3) is 0.562. The molecule has 1 atom stereocenters. The standard InChI is InChI=1S/C16H25N3O2/c1-3-18-15(20)12-5-6-13(17)14(11-12)19-9-4-7-16(2,21)8-10-19/h5-6,11,21H,3-4,7-10,17H2,1-2H3,(H,18,20). The van der Waals surface area contributed by atoms with Crippen molar-refractivity contribution in [1.82, 2.24) is 5.32 Å². The Kier molecular flexibility index (Phi) is 4.73. The van der Waals surface area contributed by atoms with Gasteiger partial charge >= 0.3 is 0 Å². The van der Waals surface area contributed by atoms with Gasteiger partial charge in [0.1, 0.15) is 0 Å². The van der Waals surface area contributed by atoms with Gasteiger partial charge < -0.3 is 21.1 Å². The predicted octanol–water partition coefficient (Wildman–Crippen LogP) is 1.76. The van der Waals surface area contributed by atoms with E-state index < -0.39 is 5.60 Å². The predicted molar refractivity (Wildman–Crippen MR) is 85.5 cm³/mol. The molecule has 1 heterocycles. The maximum atomic E-state index is 12.0. The monoisotopic (exact) mass is 291 g/mol. The maximum Gasteiger partial charge on any atom is 0.251 e. The van der Waals surface area contributed by atoms with Gasteiger partial charge in [-0.05, 0) is 51.3 Å². The number of rotatable bonds is 3. The molecule has 0 aliphatic carbocycles. The number of benzene rings is 1. The number of anilines is 2. The number of hydrogen-bond donors (Lipinski definition) is 3. The number of carbonyl (C=O) groups is 1. The SMILES string of the molecule is CCNC(=O)c1ccc(N)c(N2CCCC(C)(O)CC2)c1. The van der Waals surface area contributed by atoms with Gasteiger partial charge in [0, 0.05) is 25.2 Å². The first kappa shape index (κ1) is 15.6. The van der Waals surface area contributed by atoms with Gasteiger partial charge in [-0.2, -0.15) is 0 Å². The van der Waals surface area contributed by atoms with Gasteiger partial charge in [0.05, 0.1) is 17.0 Å². The lowest BCUT2D eigenvalue weighted by atomic mass is 9.98. The van der Waals surface area contributed by atoms with Gasteiger partial charge in [-0.15, -0.1) is 0 Å². The number of amides is 1. The highest BCUT2D eigenvalue weighted by atomic mass is 16.3. The molecule has 0 saturated carbocycles. The first-order valence-corrected chi connectivity index (χ1v) is 7.58. The van der Waals surface area contributed by atoms with Crippen LogP contribution in [0.1, 0.15) is 43.5 Å². The van der Waals surface area contributed by atoms with Crippen molar-refractivity contribution in [3.8, 4) is 0 Å². The van der Waals surface area contributed by atoms with Gasteiger partial charge in [0.25, 0.3) is 5.91 Å². The van der Waals surface area contributed by atoms with Gasteiger partial charge in [-0.25, -0.2) is 0 Å². The summed E-state index contributed by atoms with van der Waals surface area (Å²) in [6.07, 6.45) is 2.41. The lowest BCUT2D eigenvalue weighted by Crippen LogP contribution is -2.29. The van der Waals surface area contributed by atoms with Crippen molar-refractivity contribution in [1.29, 1.82) is 0 Å². The fourth-order valence-electron chi connectivity index (χ4n) is 2.73. The van der Waals surface area contributed by atoms with E-state index in [0.717, 1.165) is 31.6 Å². The third-order valence-electron chi connectivity index (χ3n) is 4.03. The quantitative estimate of drug-likeness (QED) is 0.742. The Balaban J connectivity index is 2.22. The van der Waals surface area contributed by atoms with E-state index in [0.29, 0.717) is 24.2 Å². The molecule has 1 unspecified atom stereocenters. The number of nitrogen functional groups attached to an aromatic ring is 1. The van der Waals surface area contributed by atoms with E-state index in [1.54, 1.807) is 12.1 Å². The molecule has 1 aliphatic heterocycles. The lowest BCUT2D eigenvalue weighted by Gasteiger charge is -2.26. The molecule has 1 amide bonds. The molecular weight excluding hydrogens is 266 g/mol. The second-order valence-electron chi connectivity index (χ2n) is 5.97. The molecule has 21 heavy (non-hydrogen) atoms. The van der Waals surface area contributed by atoms with Crippen molar-refractivity contribution >= 4 is 17.3 Å². The molecule has 1 aromatic rings. The van der Waals surface area contributed by atoms with E-state index in [1.165, 1.54) is 0 Å². The molecular formula is C16H25N3O2. The van der Waals surface area contributed by atoms with Crippen molar-refractivity contribution in [2.75, 3.05) is 30.3 Å². The van der Waals surface area contributed by atoms with Crippen molar-refractivity contribution in [3.05, 3.63) is 23.8 Å². The Hall–Kier alpha value is -1.75. The van der Waals surface area contributed by atoms with Crippen molar-refractivity contribution in [2.45, 2.75) is 38.7 Å². The average molecular weight is 291 g/mol. The van der Waals surface area contributed by atoms with Crippen LogP contribution in [0.5, 0.6) is 0 Å². The molecule has 4 N–H and O–H groups in total. The third kappa shape index (κ3) is 3.88. The van der Waals surface area contributed by atoms with Crippen LogP contribution in [0.3, 0.4) is 0 Å². The molecule has 5 nitrogen and oxygen atoms in total. The largest absolute Gasteiger partial charge is 0.397 e. The van der Waals surface area contributed by atoms with E-state index in [4.69, 9.17) is 5.73 Å². The fourth-order valence-corrected chi connectivity index (χ4v) is 2.73. The highest BCUT2D eigenvalue weighted by molar-refractivity contribution is 5.96. The Morgan fingerprint density at radius 2 is 2.19 bits per heavy atom. The van der Waals surface area contributed by atoms with Crippen molar-refractivity contribution < 1.29 is 9.90 Å². The second-order valence-corrected chi connectivity index (χ2v) is 5.97. The summed E-state index contributed by atoms with van der Waals surface area (Å²) in [5.74, 6) is -0.0828. The minimum Gasteiger partial charge on any atom is -0.397 e. The van der Waals surface area contributed by atoms with E-state index in [2.05, 4.69) is 10.2 Å². The van der Waals surface area contributed by atoms with E-state index in [-0.39, 0.29) is 5.91 Å². The molecule has 1 aromatic carbocycles. The summed E-state index contributed by atoms with van der Waals surface area (Å²) in [4.78, 5) is 14.1. The number of carbonyl (C=O) groups excluding carboxylic acids is 1. The Morgan fingerprint density at radius 1 is 1.43 bits per heavy atom. The van der Waals surface area contributed by atoms with E-state index >= 15 is 0 Å². The highest BCUT2D eigenvalue weighted by Crippen LogP contribution is 2.29. The smallest absolute Gasteiger partial charge is 0.251 e. The summed E-state index contributed by atoms with van der Waals surface area (Å²) in [5, 5.41) is 13.0. The van der Waals surface area contributed by atoms with Gasteiger partial charge in [0.15, 0.2) is 0 Å². The van der Waals surface area contributed by atoms with Crippen LogP contribution in [-0.4, -0.2) is 36.2 Å². The van der Waals surface area contributed by atoms with Gasteiger partial charge in [0.2, 0.25) is 0 Å². The van der Waals surface area contributed by atoms with Crippen molar-refractivity contribution in [2.24, 2.45) is 0 Å². The summed E-state index contributed by atoms with van der Waals surface area (Å²) in [7, 11) is 0. The zero-order valence-electron chi connectivity index (χ0n) is 12.9. The Labute approximate surface area is 126 Å². The summed E-state index contributed by atoms with van der Waals surface area (Å²) >= 11 is 0. The van der Waals surface area contributed by atoms with Crippen LogP contribution < -0.4 is 16.0 Å². The topological polar surface area (TPSA) is 78.6 Å². The van der Waals surface area contributed by atoms with Crippen LogP contribution in [-0.2, 0) is 0 Å². The Morgan fingerprint density at radius 3 is 2.90 bits per heavy atom. The first-order chi connectivity index (χ1) is 9.93. The normalized spacial score (nSPS) is 22.7.